The normalized spacial score (nSPS) is 21.1. The molecule has 148 valence electrons. The zero-order valence-electron chi connectivity index (χ0n) is 14.4. The van der Waals surface area contributed by atoms with Crippen LogP contribution in [-0.2, 0) is 11.2 Å². The van der Waals surface area contributed by atoms with Crippen molar-refractivity contribution in [2.45, 2.75) is 24.7 Å². The van der Waals surface area contributed by atoms with Gasteiger partial charge in [0.1, 0.15) is 0 Å². The summed E-state index contributed by atoms with van der Waals surface area (Å²) in [4.78, 5) is 8.90. The van der Waals surface area contributed by atoms with Crippen LogP contribution in [0.1, 0.15) is 28.8 Å². The Labute approximate surface area is 157 Å². The van der Waals surface area contributed by atoms with Crippen molar-refractivity contribution < 1.29 is 37.7 Å². The molecule has 2 aromatic carbocycles. The zero-order chi connectivity index (χ0) is 20.1. The molecule has 6 nitrogen and oxygen atoms in total. The Balaban J connectivity index is 0.000000239. The van der Waals surface area contributed by atoms with E-state index in [9.17, 15) is 18.3 Å². The number of carbonyl (C=O) groups is 1. The number of hydrogen-bond donors (Lipinski definition) is 3. The molecule has 2 atom stereocenters. The maximum Gasteiger partial charge on any atom is 0.490 e. The molecule has 1 aliphatic carbocycles. The number of nitrogens with one attached hydrogen (secondary N) is 1. The molecule has 9 heteroatoms. The van der Waals surface area contributed by atoms with Gasteiger partial charge in [-0.1, -0.05) is 24.3 Å². The van der Waals surface area contributed by atoms with Crippen molar-refractivity contribution in [2.75, 3.05) is 13.3 Å². The van der Waals surface area contributed by atoms with E-state index in [1.807, 2.05) is 18.2 Å². The van der Waals surface area contributed by atoms with Crippen molar-refractivity contribution >= 4 is 5.97 Å². The Bertz CT molecular complexity index is 944. The molecule has 0 saturated heterocycles. The van der Waals surface area contributed by atoms with Crippen LogP contribution in [0, 0.1) is 0 Å². The van der Waals surface area contributed by atoms with Crippen molar-refractivity contribution in [3.63, 3.8) is 0 Å². The van der Waals surface area contributed by atoms with Gasteiger partial charge in [-0.05, 0) is 41.3 Å². The fourth-order valence-corrected chi connectivity index (χ4v) is 3.84. The van der Waals surface area contributed by atoms with E-state index in [2.05, 4.69) is 17.4 Å². The van der Waals surface area contributed by atoms with E-state index in [1.165, 1.54) is 11.1 Å². The van der Waals surface area contributed by atoms with E-state index in [4.69, 9.17) is 19.4 Å². The summed E-state index contributed by atoms with van der Waals surface area (Å²) >= 11 is 0. The number of fused-ring (bicyclic) bond motifs is 4. The third kappa shape index (κ3) is 2.96. The molecular formula is C19H16F3NO5. The van der Waals surface area contributed by atoms with Crippen molar-refractivity contribution in [3.8, 4) is 22.6 Å². The fourth-order valence-electron chi connectivity index (χ4n) is 3.84. The topological polar surface area (TPSA) is 88.0 Å². The number of carboxylic acid groups (broad SMARTS) is 1. The standard InChI is InChI=1S/C17H15NO3.C2HF3O2/c19-16-11-4-2-1-3-10(11)14-13-9(5-6-18-15(13)16)7-12-17(14)21-8-20-12;3-2(4,5)1(6)7/h1-4,7,15-16,18-19H,5-6,8H2;(H,6,7)/t15-,16-;/m1./s1. The average Bonchev–Trinajstić information content (AvgIpc) is 3.12. The second-order valence-corrected chi connectivity index (χ2v) is 6.57. The number of rotatable bonds is 0. The lowest BCUT2D eigenvalue weighted by Gasteiger charge is -2.38. The van der Waals surface area contributed by atoms with E-state index in [-0.39, 0.29) is 12.8 Å². The summed E-state index contributed by atoms with van der Waals surface area (Å²) in [7, 11) is 0. The Hall–Kier alpha value is -2.78. The number of benzene rings is 2. The predicted octanol–water partition coefficient (Wildman–Crippen LogP) is 2.95. The number of alkyl halides is 3. The Kier molecular flexibility index (Phi) is 4.43. The Morgan fingerprint density at radius 2 is 1.93 bits per heavy atom. The molecule has 2 aliphatic heterocycles. The highest BCUT2D eigenvalue weighted by Crippen LogP contribution is 2.54. The summed E-state index contributed by atoms with van der Waals surface area (Å²) in [6.45, 7) is 1.14. The summed E-state index contributed by atoms with van der Waals surface area (Å²) in [6, 6.07) is 10.0. The van der Waals surface area contributed by atoms with E-state index < -0.39 is 18.2 Å². The first-order valence-corrected chi connectivity index (χ1v) is 8.55. The average molecular weight is 395 g/mol. The minimum absolute atomic E-state index is 0.0619. The maximum absolute atomic E-state index is 10.7. The number of aliphatic carboxylic acids is 1. The van der Waals surface area contributed by atoms with Gasteiger partial charge >= 0.3 is 12.1 Å². The molecule has 3 N–H and O–H groups in total. The van der Waals surface area contributed by atoms with Crippen LogP contribution in [-0.4, -0.2) is 35.7 Å². The smallest absolute Gasteiger partial charge is 0.475 e. The first kappa shape index (κ1) is 18.6. The van der Waals surface area contributed by atoms with Crippen LogP contribution in [0.25, 0.3) is 11.1 Å². The summed E-state index contributed by atoms with van der Waals surface area (Å²) in [6.07, 6.45) is -4.65. The molecule has 0 bridgehead atoms. The van der Waals surface area contributed by atoms with Gasteiger partial charge < -0.3 is 25.0 Å². The van der Waals surface area contributed by atoms with E-state index >= 15 is 0 Å². The highest BCUT2D eigenvalue weighted by molar-refractivity contribution is 5.84. The minimum atomic E-state index is -5.08. The monoisotopic (exact) mass is 395 g/mol. The van der Waals surface area contributed by atoms with Crippen LogP contribution in [0.5, 0.6) is 11.5 Å². The number of ether oxygens (including phenoxy) is 2. The quantitative estimate of drug-likeness (QED) is 0.636. The Morgan fingerprint density at radius 3 is 2.64 bits per heavy atom. The highest BCUT2D eigenvalue weighted by Gasteiger charge is 2.40. The van der Waals surface area contributed by atoms with Crippen molar-refractivity contribution in [2.24, 2.45) is 0 Å². The number of halogens is 3. The molecule has 0 radical (unpaired) electrons. The maximum atomic E-state index is 10.7. The largest absolute Gasteiger partial charge is 0.490 e. The van der Waals surface area contributed by atoms with Gasteiger partial charge in [0.15, 0.2) is 11.5 Å². The van der Waals surface area contributed by atoms with Gasteiger partial charge in [-0.25, -0.2) is 4.79 Å². The summed E-state index contributed by atoms with van der Waals surface area (Å²) in [5.74, 6) is -1.11. The van der Waals surface area contributed by atoms with Crippen LogP contribution in [0.4, 0.5) is 13.2 Å². The SMILES string of the molecule is O=C(O)C(F)(F)F.O[C@@H]1c2ccccc2-c2c3c(cc4c2[C@H]1NCC4)OCO3. The van der Waals surface area contributed by atoms with Gasteiger partial charge in [0.05, 0.1) is 12.1 Å². The van der Waals surface area contributed by atoms with Gasteiger partial charge in [0, 0.05) is 5.56 Å². The fraction of sp³-hybridized carbons (Fsp3) is 0.316. The van der Waals surface area contributed by atoms with Gasteiger partial charge in [-0.15, -0.1) is 0 Å². The number of hydrogen-bond acceptors (Lipinski definition) is 5. The second-order valence-electron chi connectivity index (χ2n) is 6.57. The molecule has 5 rings (SSSR count). The molecule has 0 amide bonds. The number of aliphatic hydroxyl groups excluding tert-OH is 1. The third-order valence-electron chi connectivity index (χ3n) is 4.97. The third-order valence-corrected chi connectivity index (χ3v) is 4.97. The van der Waals surface area contributed by atoms with Crippen molar-refractivity contribution in [1.29, 1.82) is 0 Å². The first-order valence-electron chi connectivity index (χ1n) is 8.55. The van der Waals surface area contributed by atoms with Crippen LogP contribution in [0.15, 0.2) is 30.3 Å². The second kappa shape index (κ2) is 6.68. The predicted molar refractivity (Wildman–Crippen MR) is 91.1 cm³/mol. The lowest BCUT2D eigenvalue weighted by molar-refractivity contribution is -0.192. The van der Waals surface area contributed by atoms with Gasteiger partial charge in [0.25, 0.3) is 0 Å². The molecular weight excluding hydrogens is 379 g/mol. The van der Waals surface area contributed by atoms with E-state index in [1.54, 1.807) is 0 Å². The number of aliphatic hydroxyl groups is 1. The summed E-state index contributed by atoms with van der Waals surface area (Å²) in [5, 5.41) is 21.3. The van der Waals surface area contributed by atoms with Gasteiger partial charge in [-0.2, -0.15) is 13.2 Å². The highest BCUT2D eigenvalue weighted by atomic mass is 19.4. The van der Waals surface area contributed by atoms with Crippen LogP contribution in [0.2, 0.25) is 0 Å². The van der Waals surface area contributed by atoms with E-state index in [0.717, 1.165) is 41.2 Å². The molecule has 28 heavy (non-hydrogen) atoms. The molecule has 0 aromatic heterocycles. The molecule has 0 saturated carbocycles. The molecule has 2 heterocycles. The van der Waals surface area contributed by atoms with E-state index in [0.29, 0.717) is 0 Å². The summed E-state index contributed by atoms with van der Waals surface area (Å²) < 4.78 is 43.1. The minimum Gasteiger partial charge on any atom is -0.475 e. The molecule has 3 aliphatic rings. The summed E-state index contributed by atoms with van der Waals surface area (Å²) in [5.41, 5.74) is 5.55. The number of carboxylic acids is 1. The molecule has 0 unspecified atom stereocenters. The van der Waals surface area contributed by atoms with Gasteiger partial charge in [0.2, 0.25) is 6.79 Å². The van der Waals surface area contributed by atoms with Crippen LogP contribution < -0.4 is 14.8 Å². The van der Waals surface area contributed by atoms with Crippen LogP contribution in [0.3, 0.4) is 0 Å². The molecule has 2 aromatic rings. The van der Waals surface area contributed by atoms with Crippen molar-refractivity contribution in [1.82, 2.24) is 5.32 Å². The molecule has 0 fully saturated rings. The first-order chi connectivity index (χ1) is 13.3. The lowest BCUT2D eigenvalue weighted by Crippen LogP contribution is -2.36. The van der Waals surface area contributed by atoms with Gasteiger partial charge in [-0.3, -0.25) is 0 Å². The lowest BCUT2D eigenvalue weighted by atomic mass is 9.76. The molecule has 0 spiro atoms. The Morgan fingerprint density at radius 1 is 1.21 bits per heavy atom. The van der Waals surface area contributed by atoms with Crippen molar-refractivity contribution in [3.05, 3.63) is 47.0 Å². The van der Waals surface area contributed by atoms with Crippen LogP contribution >= 0.6 is 0 Å². The zero-order valence-corrected chi connectivity index (χ0v) is 14.4.